The summed E-state index contributed by atoms with van der Waals surface area (Å²) in [6.45, 7) is 2.34. The molecule has 0 amide bonds. The summed E-state index contributed by atoms with van der Waals surface area (Å²) >= 11 is 0. The maximum absolute atomic E-state index is 12.6. The van der Waals surface area contributed by atoms with Crippen LogP contribution in [0, 0.1) is 6.92 Å². The van der Waals surface area contributed by atoms with Gasteiger partial charge in [-0.3, -0.25) is 9.20 Å². The molecule has 0 spiro atoms. The molecule has 3 aromatic rings. The largest absolute Gasteiger partial charge is 0.396 e. The van der Waals surface area contributed by atoms with Crippen LogP contribution in [0.2, 0.25) is 0 Å². The van der Waals surface area contributed by atoms with E-state index in [0.717, 1.165) is 0 Å². The summed E-state index contributed by atoms with van der Waals surface area (Å²) < 4.78 is 3.12. The number of aliphatic hydroxyl groups excluding tert-OH is 1. The lowest BCUT2D eigenvalue weighted by atomic mass is 10.3. The van der Waals surface area contributed by atoms with Crippen LogP contribution in [0.25, 0.3) is 17.0 Å². The molecular weight excluding hydrogens is 270 g/mol. The molecule has 0 aliphatic rings. The Balaban J connectivity index is 2.16. The molecule has 3 heterocycles. The zero-order valence-corrected chi connectivity index (χ0v) is 11.6. The van der Waals surface area contributed by atoms with Crippen LogP contribution in [0.15, 0.2) is 35.4 Å². The van der Waals surface area contributed by atoms with Crippen molar-refractivity contribution < 1.29 is 5.11 Å². The number of aromatic nitrogens is 5. The minimum absolute atomic E-state index is 0.0628. The molecule has 0 saturated heterocycles. The molecule has 7 nitrogen and oxygen atoms in total. The van der Waals surface area contributed by atoms with Gasteiger partial charge in [-0.25, -0.2) is 14.6 Å². The van der Waals surface area contributed by atoms with Gasteiger partial charge in [-0.05, 0) is 25.5 Å². The number of aliphatic hydroxyl groups is 1. The average molecular weight is 285 g/mol. The third-order valence-electron chi connectivity index (χ3n) is 3.16. The Bertz CT molecular complexity index is 837. The first-order valence-electron chi connectivity index (χ1n) is 6.70. The van der Waals surface area contributed by atoms with E-state index in [1.807, 2.05) is 6.07 Å². The molecular formula is C14H15N5O2. The molecule has 3 aromatic heterocycles. The van der Waals surface area contributed by atoms with Gasteiger partial charge in [-0.1, -0.05) is 6.07 Å². The lowest BCUT2D eigenvalue weighted by molar-refractivity contribution is 0.277. The number of hydrogen-bond acceptors (Lipinski definition) is 5. The number of nitrogens with zero attached hydrogens (tertiary/aromatic N) is 5. The number of rotatable bonds is 4. The van der Waals surface area contributed by atoms with E-state index >= 15 is 0 Å². The minimum atomic E-state index is -0.182. The Hall–Kier alpha value is -2.54. The van der Waals surface area contributed by atoms with E-state index in [9.17, 15) is 4.79 Å². The fourth-order valence-corrected chi connectivity index (χ4v) is 2.21. The van der Waals surface area contributed by atoms with Crippen LogP contribution in [-0.4, -0.2) is 35.9 Å². The van der Waals surface area contributed by atoms with Crippen molar-refractivity contribution in [2.24, 2.45) is 0 Å². The molecule has 0 bridgehead atoms. The van der Waals surface area contributed by atoms with E-state index in [4.69, 9.17) is 5.11 Å². The predicted octanol–water partition coefficient (Wildman–Crippen LogP) is 0.644. The first-order chi connectivity index (χ1) is 10.2. The average Bonchev–Trinajstić information content (AvgIpc) is 2.86. The zero-order chi connectivity index (χ0) is 14.8. The highest BCUT2D eigenvalue weighted by molar-refractivity contribution is 5.55. The normalized spacial score (nSPS) is 11.1. The van der Waals surface area contributed by atoms with Crippen molar-refractivity contribution in [2.45, 2.75) is 19.9 Å². The van der Waals surface area contributed by atoms with E-state index in [1.54, 1.807) is 29.9 Å². The first-order valence-corrected chi connectivity index (χ1v) is 6.70. The summed E-state index contributed by atoms with van der Waals surface area (Å²) in [5.74, 6) is 1.07. The van der Waals surface area contributed by atoms with E-state index < -0.39 is 0 Å². The maximum Gasteiger partial charge on any atom is 0.268 e. The molecule has 0 saturated carbocycles. The number of aryl methyl sites for hydroxylation is 2. The third kappa shape index (κ3) is 2.43. The highest BCUT2D eigenvalue weighted by atomic mass is 16.3. The summed E-state index contributed by atoms with van der Waals surface area (Å²) in [6.07, 6.45) is 3.75. The second kappa shape index (κ2) is 5.45. The molecule has 108 valence electrons. The minimum Gasteiger partial charge on any atom is -0.396 e. The Kier molecular flexibility index (Phi) is 3.49. The van der Waals surface area contributed by atoms with Gasteiger partial charge in [0.15, 0.2) is 5.82 Å². The zero-order valence-electron chi connectivity index (χ0n) is 11.6. The Morgan fingerprint density at radius 3 is 3.00 bits per heavy atom. The molecule has 0 fully saturated rings. The van der Waals surface area contributed by atoms with Gasteiger partial charge in [0.1, 0.15) is 17.0 Å². The number of pyridine rings is 1. The summed E-state index contributed by atoms with van der Waals surface area (Å²) in [5, 5.41) is 13.2. The quantitative estimate of drug-likeness (QED) is 0.760. The van der Waals surface area contributed by atoms with Gasteiger partial charge < -0.3 is 5.11 Å². The molecule has 0 aliphatic carbocycles. The summed E-state index contributed by atoms with van der Waals surface area (Å²) in [5.41, 5.74) is 0.805. The summed E-state index contributed by atoms with van der Waals surface area (Å²) in [6, 6.07) is 5.38. The van der Waals surface area contributed by atoms with Crippen LogP contribution in [0.5, 0.6) is 0 Å². The van der Waals surface area contributed by atoms with Gasteiger partial charge >= 0.3 is 0 Å². The van der Waals surface area contributed by atoms with Crippen LogP contribution in [-0.2, 0) is 6.54 Å². The number of fused-ring (bicyclic) bond motifs is 1. The van der Waals surface area contributed by atoms with Gasteiger partial charge in [0.2, 0.25) is 0 Å². The van der Waals surface area contributed by atoms with Crippen molar-refractivity contribution in [1.82, 2.24) is 24.1 Å². The highest BCUT2D eigenvalue weighted by Gasteiger charge is 2.15. The summed E-state index contributed by atoms with van der Waals surface area (Å²) in [7, 11) is 0. The number of hydrogen-bond donors (Lipinski definition) is 1. The molecule has 0 radical (unpaired) electrons. The van der Waals surface area contributed by atoms with Gasteiger partial charge in [0, 0.05) is 25.5 Å². The van der Waals surface area contributed by atoms with E-state index in [1.165, 1.54) is 10.6 Å². The predicted molar refractivity (Wildman–Crippen MR) is 76.9 cm³/mol. The Morgan fingerprint density at radius 1 is 1.33 bits per heavy atom. The van der Waals surface area contributed by atoms with Crippen LogP contribution in [0.1, 0.15) is 12.2 Å². The molecule has 0 unspecified atom stereocenters. The van der Waals surface area contributed by atoms with Crippen molar-refractivity contribution in [2.75, 3.05) is 6.61 Å². The van der Waals surface area contributed by atoms with Crippen LogP contribution >= 0.6 is 0 Å². The molecule has 0 atom stereocenters. The smallest absolute Gasteiger partial charge is 0.268 e. The first kappa shape index (κ1) is 13.4. The van der Waals surface area contributed by atoms with E-state index in [2.05, 4.69) is 15.1 Å². The van der Waals surface area contributed by atoms with Crippen LogP contribution in [0.3, 0.4) is 0 Å². The monoisotopic (exact) mass is 285 g/mol. The van der Waals surface area contributed by atoms with Gasteiger partial charge in [-0.15, -0.1) is 0 Å². The van der Waals surface area contributed by atoms with Crippen molar-refractivity contribution >= 4 is 5.65 Å². The van der Waals surface area contributed by atoms with Crippen molar-refractivity contribution in [3.05, 3.63) is 46.8 Å². The molecule has 1 N–H and O–H groups in total. The second-order valence-corrected chi connectivity index (χ2v) is 4.69. The lowest BCUT2D eigenvalue weighted by Gasteiger charge is -2.05. The molecule has 3 rings (SSSR count). The van der Waals surface area contributed by atoms with E-state index in [0.29, 0.717) is 35.8 Å². The SMILES string of the molecule is Cc1nc(-c2cnc3ccccn3c2=O)n(CCCO)n1. The molecule has 0 aliphatic heterocycles. The molecule has 0 aromatic carbocycles. The second-order valence-electron chi connectivity index (χ2n) is 4.69. The molecule has 7 heteroatoms. The maximum atomic E-state index is 12.6. The fourth-order valence-electron chi connectivity index (χ4n) is 2.21. The van der Waals surface area contributed by atoms with Crippen LogP contribution < -0.4 is 5.56 Å². The Morgan fingerprint density at radius 2 is 2.19 bits per heavy atom. The topological polar surface area (TPSA) is 85.3 Å². The lowest BCUT2D eigenvalue weighted by Crippen LogP contribution is -2.18. The van der Waals surface area contributed by atoms with E-state index in [-0.39, 0.29) is 12.2 Å². The van der Waals surface area contributed by atoms with Gasteiger partial charge in [0.05, 0.1) is 0 Å². The third-order valence-corrected chi connectivity index (χ3v) is 3.16. The molecule has 21 heavy (non-hydrogen) atoms. The van der Waals surface area contributed by atoms with Crippen molar-refractivity contribution in [1.29, 1.82) is 0 Å². The Labute approximate surface area is 120 Å². The van der Waals surface area contributed by atoms with Gasteiger partial charge in [0.25, 0.3) is 5.56 Å². The standard InChI is InChI=1S/C14H15N5O2/c1-10-16-13(19(17-10)7-4-8-20)11-9-15-12-5-2-3-6-18(12)14(11)21/h2-3,5-6,9,20H,4,7-8H2,1H3. The fraction of sp³-hybridized carbons (Fsp3) is 0.286. The van der Waals surface area contributed by atoms with Crippen LogP contribution in [0.4, 0.5) is 0 Å². The van der Waals surface area contributed by atoms with Crippen molar-refractivity contribution in [3.8, 4) is 11.4 Å². The highest BCUT2D eigenvalue weighted by Crippen LogP contribution is 2.13. The van der Waals surface area contributed by atoms with Gasteiger partial charge in [-0.2, -0.15) is 5.10 Å². The van der Waals surface area contributed by atoms with Crippen molar-refractivity contribution in [3.63, 3.8) is 0 Å². The summed E-state index contributed by atoms with van der Waals surface area (Å²) in [4.78, 5) is 21.2.